The lowest BCUT2D eigenvalue weighted by molar-refractivity contribution is 0.0938. The molecule has 0 atom stereocenters. The van der Waals surface area contributed by atoms with Crippen LogP contribution in [0.4, 0.5) is 0 Å². The smallest absolute Gasteiger partial charge is 0.271 e. The number of aromatic nitrogens is 2. The lowest BCUT2D eigenvalue weighted by Gasteiger charge is -2.05. The Labute approximate surface area is 107 Å². The van der Waals surface area contributed by atoms with Gasteiger partial charge in [0.1, 0.15) is 12.0 Å². The minimum atomic E-state index is -0.143. The van der Waals surface area contributed by atoms with Gasteiger partial charge in [0.05, 0.1) is 0 Å². The molecular formula is C14H17N3O. The monoisotopic (exact) mass is 243 g/mol. The number of carbonyl (C=O) groups is 1. The van der Waals surface area contributed by atoms with Crippen molar-refractivity contribution in [2.75, 3.05) is 0 Å². The third-order valence-corrected chi connectivity index (χ3v) is 2.57. The van der Waals surface area contributed by atoms with Crippen molar-refractivity contribution >= 4 is 5.91 Å². The van der Waals surface area contributed by atoms with Crippen LogP contribution in [0.2, 0.25) is 0 Å². The predicted octanol–water partition coefficient (Wildman–Crippen LogP) is 2.32. The maximum atomic E-state index is 11.8. The molecule has 0 aliphatic rings. The van der Waals surface area contributed by atoms with Crippen molar-refractivity contribution in [3.8, 4) is 5.69 Å². The third kappa shape index (κ3) is 2.77. The summed E-state index contributed by atoms with van der Waals surface area (Å²) in [6, 6.07) is 8.18. The summed E-state index contributed by atoms with van der Waals surface area (Å²) in [5.74, 6) is -0.143. The summed E-state index contributed by atoms with van der Waals surface area (Å²) in [5.41, 5.74) is 2.64. The van der Waals surface area contributed by atoms with Gasteiger partial charge in [0, 0.05) is 17.9 Å². The summed E-state index contributed by atoms with van der Waals surface area (Å²) in [4.78, 5) is 15.9. The Balaban J connectivity index is 2.20. The fraction of sp³-hybridized carbons (Fsp3) is 0.286. The molecule has 1 aromatic heterocycles. The number of amides is 1. The zero-order chi connectivity index (χ0) is 13.1. The molecule has 94 valence electrons. The highest BCUT2D eigenvalue weighted by atomic mass is 16.1. The van der Waals surface area contributed by atoms with Crippen molar-refractivity contribution in [2.24, 2.45) is 0 Å². The van der Waals surface area contributed by atoms with Crippen LogP contribution in [-0.2, 0) is 0 Å². The highest BCUT2D eigenvalue weighted by molar-refractivity contribution is 5.92. The molecule has 2 rings (SSSR count). The number of benzene rings is 1. The Kier molecular flexibility index (Phi) is 3.46. The quantitative estimate of drug-likeness (QED) is 0.899. The number of imidazole rings is 1. The molecule has 0 saturated carbocycles. The number of rotatable bonds is 3. The molecule has 0 aliphatic carbocycles. The van der Waals surface area contributed by atoms with E-state index in [0.29, 0.717) is 5.69 Å². The number of hydrogen-bond donors (Lipinski definition) is 1. The topological polar surface area (TPSA) is 46.9 Å². The van der Waals surface area contributed by atoms with Crippen LogP contribution < -0.4 is 5.32 Å². The second-order valence-electron chi connectivity index (χ2n) is 4.63. The molecule has 1 heterocycles. The van der Waals surface area contributed by atoms with Gasteiger partial charge in [0.15, 0.2) is 0 Å². The van der Waals surface area contributed by atoms with Gasteiger partial charge in [0.25, 0.3) is 5.91 Å². The number of nitrogens with one attached hydrogen (secondary N) is 1. The van der Waals surface area contributed by atoms with Gasteiger partial charge in [-0.15, -0.1) is 0 Å². The van der Waals surface area contributed by atoms with Crippen molar-refractivity contribution in [1.82, 2.24) is 14.9 Å². The summed E-state index contributed by atoms with van der Waals surface area (Å²) in [6.45, 7) is 5.89. The third-order valence-electron chi connectivity index (χ3n) is 2.57. The first-order valence-corrected chi connectivity index (χ1v) is 5.98. The minimum Gasteiger partial charge on any atom is -0.348 e. The number of nitrogens with zero attached hydrogens (tertiary/aromatic N) is 2. The van der Waals surface area contributed by atoms with Gasteiger partial charge < -0.3 is 9.88 Å². The van der Waals surface area contributed by atoms with Crippen molar-refractivity contribution in [3.63, 3.8) is 0 Å². The lowest BCUT2D eigenvalue weighted by atomic mass is 10.2. The zero-order valence-corrected chi connectivity index (χ0v) is 10.8. The molecule has 0 radical (unpaired) electrons. The van der Waals surface area contributed by atoms with Crippen LogP contribution in [0.3, 0.4) is 0 Å². The largest absolute Gasteiger partial charge is 0.348 e. The molecular weight excluding hydrogens is 226 g/mol. The Bertz CT molecular complexity index is 540. The van der Waals surface area contributed by atoms with Crippen molar-refractivity contribution in [1.29, 1.82) is 0 Å². The second kappa shape index (κ2) is 5.04. The van der Waals surface area contributed by atoms with E-state index >= 15 is 0 Å². The van der Waals surface area contributed by atoms with Crippen molar-refractivity contribution in [2.45, 2.75) is 26.8 Å². The SMILES string of the molecule is Cc1ccc(-n2cnc(C(=O)NC(C)C)c2)cc1. The molecule has 0 unspecified atom stereocenters. The van der Waals surface area contributed by atoms with Gasteiger partial charge in [-0.1, -0.05) is 17.7 Å². The van der Waals surface area contributed by atoms with Crippen molar-refractivity contribution < 1.29 is 4.79 Å². The lowest BCUT2D eigenvalue weighted by Crippen LogP contribution is -2.30. The fourth-order valence-corrected chi connectivity index (χ4v) is 1.63. The van der Waals surface area contributed by atoms with Crippen molar-refractivity contribution in [3.05, 3.63) is 48.0 Å². The predicted molar refractivity (Wildman–Crippen MR) is 70.9 cm³/mol. The molecule has 0 bridgehead atoms. The van der Waals surface area contributed by atoms with E-state index in [1.807, 2.05) is 49.6 Å². The van der Waals surface area contributed by atoms with E-state index in [1.165, 1.54) is 5.56 Å². The minimum absolute atomic E-state index is 0.113. The van der Waals surface area contributed by atoms with E-state index in [4.69, 9.17) is 0 Å². The summed E-state index contributed by atoms with van der Waals surface area (Å²) in [7, 11) is 0. The van der Waals surface area contributed by atoms with Crippen LogP contribution in [0.25, 0.3) is 5.69 Å². The van der Waals surface area contributed by atoms with Crippen LogP contribution in [0.1, 0.15) is 29.9 Å². The molecule has 0 fully saturated rings. The van der Waals surface area contributed by atoms with Crippen LogP contribution in [0.5, 0.6) is 0 Å². The Morgan fingerprint density at radius 1 is 1.28 bits per heavy atom. The molecule has 4 nitrogen and oxygen atoms in total. The normalized spacial score (nSPS) is 10.7. The first-order chi connectivity index (χ1) is 8.56. The van der Waals surface area contributed by atoms with Gasteiger partial charge >= 0.3 is 0 Å². The van der Waals surface area contributed by atoms with E-state index in [1.54, 1.807) is 12.5 Å². The average Bonchev–Trinajstić information content (AvgIpc) is 2.78. The highest BCUT2D eigenvalue weighted by Gasteiger charge is 2.10. The Morgan fingerprint density at radius 3 is 2.56 bits per heavy atom. The molecule has 0 aliphatic heterocycles. The Morgan fingerprint density at radius 2 is 1.94 bits per heavy atom. The van der Waals surface area contributed by atoms with E-state index in [-0.39, 0.29) is 11.9 Å². The van der Waals surface area contributed by atoms with Gasteiger partial charge in [-0.25, -0.2) is 4.98 Å². The van der Waals surface area contributed by atoms with E-state index in [0.717, 1.165) is 5.69 Å². The molecule has 4 heteroatoms. The highest BCUT2D eigenvalue weighted by Crippen LogP contribution is 2.10. The summed E-state index contributed by atoms with van der Waals surface area (Å²) in [5, 5.41) is 2.82. The van der Waals surface area contributed by atoms with Crippen LogP contribution in [-0.4, -0.2) is 21.5 Å². The van der Waals surface area contributed by atoms with Crippen LogP contribution in [0, 0.1) is 6.92 Å². The molecule has 0 spiro atoms. The molecule has 2 aromatic rings. The van der Waals surface area contributed by atoms with Crippen LogP contribution in [0.15, 0.2) is 36.8 Å². The second-order valence-corrected chi connectivity index (χ2v) is 4.63. The molecule has 18 heavy (non-hydrogen) atoms. The number of carbonyl (C=O) groups excluding carboxylic acids is 1. The molecule has 1 aromatic carbocycles. The van der Waals surface area contributed by atoms with Gasteiger partial charge in [-0.2, -0.15) is 0 Å². The molecule has 1 amide bonds. The van der Waals surface area contributed by atoms with Gasteiger partial charge in [-0.05, 0) is 32.9 Å². The fourth-order valence-electron chi connectivity index (χ4n) is 1.63. The summed E-state index contributed by atoms with van der Waals surface area (Å²) in [6.07, 6.45) is 3.39. The van der Waals surface area contributed by atoms with Crippen LogP contribution >= 0.6 is 0 Å². The number of aryl methyl sites for hydroxylation is 1. The number of hydrogen-bond acceptors (Lipinski definition) is 2. The first-order valence-electron chi connectivity index (χ1n) is 5.98. The van der Waals surface area contributed by atoms with E-state index < -0.39 is 0 Å². The standard InChI is InChI=1S/C14H17N3O/c1-10(2)16-14(18)13-8-17(9-15-13)12-6-4-11(3)5-7-12/h4-10H,1-3H3,(H,16,18). The van der Waals surface area contributed by atoms with Gasteiger partial charge in [-0.3, -0.25) is 4.79 Å². The zero-order valence-electron chi connectivity index (χ0n) is 10.8. The summed E-state index contributed by atoms with van der Waals surface area (Å²) >= 11 is 0. The molecule has 0 saturated heterocycles. The molecule has 1 N–H and O–H groups in total. The first kappa shape index (κ1) is 12.4. The van der Waals surface area contributed by atoms with Gasteiger partial charge in [0.2, 0.25) is 0 Å². The average molecular weight is 243 g/mol. The maximum absolute atomic E-state index is 11.8. The van der Waals surface area contributed by atoms with E-state index in [2.05, 4.69) is 10.3 Å². The van der Waals surface area contributed by atoms with E-state index in [9.17, 15) is 4.79 Å². The maximum Gasteiger partial charge on any atom is 0.271 e. The summed E-state index contributed by atoms with van der Waals surface area (Å²) < 4.78 is 1.84. The Hall–Kier alpha value is -2.10.